The summed E-state index contributed by atoms with van der Waals surface area (Å²) in [5.74, 6) is 0.898. The van der Waals surface area contributed by atoms with Gasteiger partial charge in [-0.3, -0.25) is 4.40 Å². The summed E-state index contributed by atoms with van der Waals surface area (Å²) in [6.07, 6.45) is 21.0. The van der Waals surface area contributed by atoms with Crippen molar-refractivity contribution < 1.29 is 4.74 Å². The zero-order valence-corrected chi connectivity index (χ0v) is 19.5. The van der Waals surface area contributed by atoms with Gasteiger partial charge < -0.3 is 15.0 Å². The summed E-state index contributed by atoms with van der Waals surface area (Å²) in [6.45, 7) is 5.09. The molecule has 2 aromatic rings. The number of rotatable bonds is 6. The molecule has 1 atom stereocenters. The number of pyridine rings is 1. The molecule has 1 fully saturated rings. The Balaban J connectivity index is 1.12. The van der Waals surface area contributed by atoms with Gasteiger partial charge in [0, 0.05) is 43.1 Å². The lowest BCUT2D eigenvalue weighted by Crippen LogP contribution is -2.33. The zero-order valence-electron chi connectivity index (χ0n) is 19.5. The molecule has 0 radical (unpaired) electrons. The third-order valence-electron chi connectivity index (χ3n) is 7.13. The van der Waals surface area contributed by atoms with Gasteiger partial charge in [-0.25, -0.2) is 0 Å². The molecule has 0 spiro atoms. The van der Waals surface area contributed by atoms with Gasteiger partial charge in [-0.05, 0) is 67.3 Å². The molecule has 6 rings (SSSR count). The quantitative estimate of drug-likeness (QED) is 0.661. The van der Waals surface area contributed by atoms with E-state index in [1.165, 1.54) is 43.5 Å². The van der Waals surface area contributed by atoms with Crippen LogP contribution in [0.25, 0.3) is 16.8 Å². The van der Waals surface area contributed by atoms with E-state index in [0.29, 0.717) is 0 Å². The van der Waals surface area contributed by atoms with Gasteiger partial charge in [0.05, 0.1) is 12.7 Å². The van der Waals surface area contributed by atoms with Crippen molar-refractivity contribution in [1.29, 1.82) is 0 Å². The Kier molecular flexibility index (Phi) is 6.02. The van der Waals surface area contributed by atoms with Crippen LogP contribution in [0.4, 0.5) is 0 Å². The van der Waals surface area contributed by atoms with Crippen LogP contribution in [0, 0.1) is 0 Å². The predicted molar refractivity (Wildman–Crippen MR) is 135 cm³/mol. The third kappa shape index (κ3) is 4.32. The lowest BCUT2D eigenvalue weighted by molar-refractivity contribution is 0.0613. The van der Waals surface area contributed by atoms with Crippen LogP contribution in [0.15, 0.2) is 71.8 Å². The maximum atomic E-state index is 6.13. The number of hydrogen-bond donors (Lipinski definition) is 1. The van der Waals surface area contributed by atoms with E-state index in [-0.39, 0.29) is 6.10 Å². The molecule has 174 valence electrons. The van der Waals surface area contributed by atoms with Crippen molar-refractivity contribution in [3.63, 3.8) is 0 Å². The Labute approximate surface area is 200 Å². The minimum atomic E-state index is 0.171. The fourth-order valence-electron chi connectivity index (χ4n) is 5.23. The zero-order chi connectivity index (χ0) is 22.7. The highest BCUT2D eigenvalue weighted by Crippen LogP contribution is 2.32. The lowest BCUT2D eigenvalue weighted by Gasteiger charge is -2.27. The largest absolute Gasteiger partial charge is 0.381 e. The number of nitrogens with zero attached hydrogens (tertiary/aromatic N) is 4. The average Bonchev–Trinajstić information content (AvgIpc) is 3.32. The van der Waals surface area contributed by atoms with E-state index in [2.05, 4.69) is 79.3 Å². The normalized spacial score (nSPS) is 22.5. The minimum absolute atomic E-state index is 0.171. The number of ether oxygens (including phenoxy) is 1. The number of fused-ring (bicyclic) bond motifs is 1. The summed E-state index contributed by atoms with van der Waals surface area (Å²) >= 11 is 0. The molecular formula is C28H31N5O. The van der Waals surface area contributed by atoms with Crippen LogP contribution in [0.1, 0.15) is 43.5 Å². The van der Waals surface area contributed by atoms with Gasteiger partial charge in [0.25, 0.3) is 0 Å². The molecule has 2 aromatic heterocycles. The van der Waals surface area contributed by atoms with Crippen LogP contribution >= 0.6 is 0 Å². The highest BCUT2D eigenvalue weighted by Gasteiger charge is 2.21. The number of nitrogens with one attached hydrogen (secondary N) is 1. The number of piperidine rings is 1. The number of allylic oxidation sites excluding steroid dienone is 5. The molecule has 1 N–H and O–H groups in total. The van der Waals surface area contributed by atoms with Gasteiger partial charge in [-0.2, -0.15) is 0 Å². The fraction of sp³-hybridized carbons (Fsp3) is 0.393. The molecule has 1 saturated heterocycles. The van der Waals surface area contributed by atoms with Gasteiger partial charge in [0.15, 0.2) is 11.5 Å². The number of likely N-dealkylation sites (tertiary alicyclic amines) is 1. The van der Waals surface area contributed by atoms with Crippen molar-refractivity contribution in [3.8, 4) is 0 Å². The number of aromatic nitrogens is 3. The van der Waals surface area contributed by atoms with Crippen LogP contribution in [0.5, 0.6) is 0 Å². The van der Waals surface area contributed by atoms with E-state index in [4.69, 9.17) is 4.74 Å². The van der Waals surface area contributed by atoms with Gasteiger partial charge in [-0.15, -0.1) is 15.9 Å². The summed E-state index contributed by atoms with van der Waals surface area (Å²) < 4.78 is 8.22. The topological polar surface area (TPSA) is 54.7 Å². The van der Waals surface area contributed by atoms with Crippen molar-refractivity contribution in [1.82, 2.24) is 24.8 Å². The molecule has 34 heavy (non-hydrogen) atoms. The lowest BCUT2D eigenvalue weighted by atomic mass is 9.94. The van der Waals surface area contributed by atoms with Gasteiger partial charge in [-0.1, -0.05) is 30.7 Å². The van der Waals surface area contributed by atoms with E-state index >= 15 is 0 Å². The fourth-order valence-corrected chi connectivity index (χ4v) is 5.23. The maximum absolute atomic E-state index is 6.13. The monoisotopic (exact) mass is 453 g/mol. The van der Waals surface area contributed by atoms with Crippen LogP contribution in [-0.4, -0.2) is 58.4 Å². The molecule has 0 amide bonds. The van der Waals surface area contributed by atoms with Crippen molar-refractivity contribution >= 4 is 16.8 Å². The van der Waals surface area contributed by atoms with Crippen molar-refractivity contribution in [2.45, 2.75) is 38.2 Å². The first kappa shape index (κ1) is 21.4. The van der Waals surface area contributed by atoms with E-state index in [9.17, 15) is 0 Å². The average molecular weight is 454 g/mol. The molecule has 0 aromatic carbocycles. The molecule has 2 aliphatic heterocycles. The number of dihydropyridines is 1. The second-order valence-corrected chi connectivity index (χ2v) is 9.34. The standard InChI is InChI=1S/C28H31N5O/c1-4-15-32(16-5-1)18-19-34-23-10-8-21(9-11-23)22-13-17-33-27(20-22)30-31-28(33)25-12-14-29-26-7-3-2-6-24(25)26/h2,7-10,12-13,17,20,23,29H,1,4-6,11,14-16,18-19H2. The Bertz CT molecular complexity index is 1260. The highest BCUT2D eigenvalue weighted by molar-refractivity contribution is 5.81. The second-order valence-electron chi connectivity index (χ2n) is 9.34. The van der Waals surface area contributed by atoms with Gasteiger partial charge >= 0.3 is 0 Å². The molecular weight excluding hydrogens is 422 g/mol. The van der Waals surface area contributed by atoms with Gasteiger partial charge in [0.2, 0.25) is 0 Å². The Hall–Kier alpha value is -3.18. The Morgan fingerprint density at radius 1 is 1.15 bits per heavy atom. The van der Waals surface area contributed by atoms with E-state index in [1.807, 2.05) is 6.08 Å². The van der Waals surface area contributed by atoms with E-state index in [0.717, 1.165) is 60.8 Å². The first-order chi connectivity index (χ1) is 16.8. The van der Waals surface area contributed by atoms with Crippen LogP contribution in [0.2, 0.25) is 0 Å². The molecule has 0 saturated carbocycles. The van der Waals surface area contributed by atoms with Crippen molar-refractivity contribution in [2.24, 2.45) is 0 Å². The SMILES string of the molecule is C1=CCC2=C(C=1)NCC=C2c1nnc2cc(C3=CCC(OCCN4CCCCC4)C=C3)ccn12. The van der Waals surface area contributed by atoms with Crippen LogP contribution < -0.4 is 5.32 Å². The third-order valence-corrected chi connectivity index (χ3v) is 7.13. The predicted octanol–water partition coefficient (Wildman–Crippen LogP) is 4.30. The smallest absolute Gasteiger partial charge is 0.168 e. The summed E-state index contributed by atoms with van der Waals surface area (Å²) in [4.78, 5) is 2.53. The summed E-state index contributed by atoms with van der Waals surface area (Å²) in [5, 5.41) is 12.5. The Morgan fingerprint density at radius 2 is 2.09 bits per heavy atom. The summed E-state index contributed by atoms with van der Waals surface area (Å²) in [6, 6.07) is 4.28. The number of hydrogen-bond acceptors (Lipinski definition) is 5. The Morgan fingerprint density at radius 3 is 2.97 bits per heavy atom. The minimum Gasteiger partial charge on any atom is -0.381 e. The van der Waals surface area contributed by atoms with Crippen LogP contribution in [0.3, 0.4) is 0 Å². The van der Waals surface area contributed by atoms with E-state index < -0.39 is 0 Å². The van der Waals surface area contributed by atoms with E-state index in [1.54, 1.807) is 0 Å². The van der Waals surface area contributed by atoms with Crippen LogP contribution in [-0.2, 0) is 4.74 Å². The molecule has 6 heteroatoms. The molecule has 4 heterocycles. The second kappa shape index (κ2) is 9.59. The van der Waals surface area contributed by atoms with Crippen molar-refractivity contribution in [2.75, 3.05) is 32.8 Å². The first-order valence-corrected chi connectivity index (χ1v) is 12.5. The summed E-state index contributed by atoms with van der Waals surface area (Å²) in [5.41, 5.74) is 10.00. The molecule has 0 bridgehead atoms. The van der Waals surface area contributed by atoms with Crippen molar-refractivity contribution in [3.05, 3.63) is 83.2 Å². The molecule has 6 nitrogen and oxygen atoms in total. The first-order valence-electron chi connectivity index (χ1n) is 12.5. The molecule has 4 aliphatic rings. The summed E-state index contributed by atoms with van der Waals surface area (Å²) in [7, 11) is 0. The highest BCUT2D eigenvalue weighted by atomic mass is 16.5. The maximum Gasteiger partial charge on any atom is 0.168 e. The van der Waals surface area contributed by atoms with Gasteiger partial charge in [0.1, 0.15) is 0 Å². The molecule has 2 aliphatic carbocycles. The molecule has 1 unspecified atom stereocenters.